The fourth-order valence-electron chi connectivity index (χ4n) is 3.58. The molecule has 5 heteroatoms. The van der Waals surface area contributed by atoms with Crippen LogP contribution in [0, 0.1) is 0 Å². The molecule has 1 fully saturated rings. The molecule has 4 nitrogen and oxygen atoms in total. The van der Waals surface area contributed by atoms with Crippen molar-refractivity contribution in [3.63, 3.8) is 0 Å². The number of hydrogen-bond donors (Lipinski definition) is 1. The van der Waals surface area contributed by atoms with Gasteiger partial charge < -0.3 is 10.1 Å². The van der Waals surface area contributed by atoms with E-state index in [1.165, 1.54) is 6.26 Å². The van der Waals surface area contributed by atoms with E-state index in [2.05, 4.69) is 23.5 Å². The van der Waals surface area contributed by atoms with Crippen molar-refractivity contribution in [2.24, 2.45) is 0 Å². The maximum atomic E-state index is 12.0. The summed E-state index contributed by atoms with van der Waals surface area (Å²) in [4.78, 5) is 0.318. The maximum Gasteiger partial charge on any atom is 0.175 e. The molecule has 0 aromatic heterocycles. The summed E-state index contributed by atoms with van der Waals surface area (Å²) in [6, 6.07) is 15.3. The molecule has 2 aliphatic rings. The van der Waals surface area contributed by atoms with Gasteiger partial charge in [-0.2, -0.15) is 0 Å². The van der Waals surface area contributed by atoms with E-state index in [0.717, 1.165) is 48.4 Å². The van der Waals surface area contributed by atoms with Gasteiger partial charge in [-0.15, -0.1) is 0 Å². The lowest BCUT2D eigenvalue weighted by molar-refractivity contribution is 0.0816. The zero-order valence-corrected chi connectivity index (χ0v) is 15.0. The van der Waals surface area contributed by atoms with Crippen LogP contribution in [0.4, 0.5) is 0 Å². The molecule has 0 bridgehead atoms. The maximum absolute atomic E-state index is 12.0. The van der Waals surface area contributed by atoms with Gasteiger partial charge >= 0.3 is 0 Å². The Balaban J connectivity index is 1.90. The van der Waals surface area contributed by atoms with Crippen LogP contribution in [0.5, 0.6) is 5.75 Å². The molecular formula is C20H21NO3S. The molecular weight excluding hydrogens is 334 g/mol. The Bertz CT molecular complexity index is 927. The highest BCUT2D eigenvalue weighted by atomic mass is 32.2. The van der Waals surface area contributed by atoms with E-state index in [1.54, 1.807) is 18.2 Å². The molecule has 0 atom stereocenters. The average molecular weight is 355 g/mol. The minimum Gasteiger partial charge on any atom is -0.482 e. The summed E-state index contributed by atoms with van der Waals surface area (Å²) in [6.45, 7) is 1.82. The third-order valence-corrected chi connectivity index (χ3v) is 6.03. The first-order chi connectivity index (χ1) is 12.0. The van der Waals surface area contributed by atoms with Crippen LogP contribution in [-0.4, -0.2) is 33.4 Å². The number of hydrogen-bond acceptors (Lipinski definition) is 4. The summed E-state index contributed by atoms with van der Waals surface area (Å²) in [7, 11) is -3.27. The largest absolute Gasteiger partial charge is 0.482 e. The number of piperidine rings is 1. The van der Waals surface area contributed by atoms with Gasteiger partial charge in [0.2, 0.25) is 0 Å². The molecule has 0 amide bonds. The Morgan fingerprint density at radius 3 is 2.44 bits per heavy atom. The molecule has 1 saturated heterocycles. The number of nitrogens with one attached hydrogen (secondary N) is 1. The quantitative estimate of drug-likeness (QED) is 0.900. The SMILES string of the molecule is CS(=O)(=O)c1ccc2c(c1)C(c1ccccc1)=CC1(CCNCC1)O2. The van der Waals surface area contributed by atoms with Crippen LogP contribution in [0.15, 0.2) is 59.5 Å². The Morgan fingerprint density at radius 1 is 1.04 bits per heavy atom. The minimum absolute atomic E-state index is 0.318. The first kappa shape index (κ1) is 16.4. The van der Waals surface area contributed by atoms with Gasteiger partial charge in [0.1, 0.15) is 11.4 Å². The third-order valence-electron chi connectivity index (χ3n) is 4.92. The van der Waals surface area contributed by atoms with Gasteiger partial charge in [-0.25, -0.2) is 8.42 Å². The van der Waals surface area contributed by atoms with Gasteiger partial charge in [0.15, 0.2) is 9.84 Å². The van der Waals surface area contributed by atoms with Crippen molar-refractivity contribution < 1.29 is 13.2 Å². The molecule has 2 aromatic rings. The number of sulfone groups is 1. The first-order valence-corrected chi connectivity index (χ1v) is 10.4. The van der Waals surface area contributed by atoms with Crippen LogP contribution in [0.1, 0.15) is 24.0 Å². The van der Waals surface area contributed by atoms with E-state index in [1.807, 2.05) is 18.2 Å². The average Bonchev–Trinajstić information content (AvgIpc) is 2.61. The van der Waals surface area contributed by atoms with Gasteiger partial charge in [0.25, 0.3) is 0 Å². The van der Waals surface area contributed by atoms with E-state index >= 15 is 0 Å². The molecule has 0 saturated carbocycles. The number of rotatable bonds is 2. The lowest BCUT2D eigenvalue weighted by atomic mass is 9.83. The van der Waals surface area contributed by atoms with Crippen molar-refractivity contribution in [2.45, 2.75) is 23.3 Å². The zero-order chi connectivity index (χ0) is 17.5. The molecule has 0 unspecified atom stereocenters. The van der Waals surface area contributed by atoms with E-state index < -0.39 is 9.84 Å². The van der Waals surface area contributed by atoms with Crippen molar-refractivity contribution in [1.82, 2.24) is 5.32 Å². The summed E-state index contributed by atoms with van der Waals surface area (Å²) < 4.78 is 30.3. The van der Waals surface area contributed by atoms with Crippen LogP contribution in [-0.2, 0) is 9.84 Å². The van der Waals surface area contributed by atoms with Gasteiger partial charge in [-0.05, 0) is 48.5 Å². The molecule has 2 aromatic carbocycles. The minimum atomic E-state index is -3.27. The summed E-state index contributed by atoms with van der Waals surface area (Å²) in [6.07, 6.45) is 5.23. The van der Waals surface area contributed by atoms with Crippen LogP contribution >= 0.6 is 0 Å². The van der Waals surface area contributed by atoms with Gasteiger partial charge in [0.05, 0.1) is 4.90 Å². The topological polar surface area (TPSA) is 55.4 Å². The Kier molecular flexibility index (Phi) is 3.93. The van der Waals surface area contributed by atoms with Crippen molar-refractivity contribution in [3.05, 3.63) is 65.7 Å². The van der Waals surface area contributed by atoms with Crippen LogP contribution in [0.3, 0.4) is 0 Å². The highest BCUT2D eigenvalue weighted by molar-refractivity contribution is 7.90. The second-order valence-corrected chi connectivity index (χ2v) is 8.79. The summed E-state index contributed by atoms with van der Waals surface area (Å²) in [5.74, 6) is 0.760. The molecule has 0 radical (unpaired) electrons. The molecule has 2 aliphatic heterocycles. The molecule has 130 valence electrons. The number of ether oxygens (including phenoxy) is 1. The van der Waals surface area contributed by atoms with Gasteiger partial charge in [-0.1, -0.05) is 30.3 Å². The Labute approximate surface area is 148 Å². The fraction of sp³-hybridized carbons (Fsp3) is 0.300. The molecule has 0 aliphatic carbocycles. The van der Waals surface area contributed by atoms with Crippen LogP contribution < -0.4 is 10.1 Å². The molecule has 2 heterocycles. The second kappa shape index (κ2) is 6.00. The smallest absolute Gasteiger partial charge is 0.175 e. The fourth-order valence-corrected chi connectivity index (χ4v) is 4.23. The van der Waals surface area contributed by atoms with Crippen molar-refractivity contribution in [2.75, 3.05) is 19.3 Å². The summed E-state index contributed by atoms with van der Waals surface area (Å²) in [5, 5.41) is 3.38. The third kappa shape index (κ3) is 3.10. The number of fused-ring (bicyclic) bond motifs is 1. The highest BCUT2D eigenvalue weighted by Gasteiger charge is 2.37. The second-order valence-electron chi connectivity index (χ2n) is 6.77. The highest BCUT2D eigenvalue weighted by Crippen LogP contribution is 2.43. The van der Waals surface area contributed by atoms with Gasteiger partial charge in [-0.3, -0.25) is 0 Å². The van der Waals surface area contributed by atoms with E-state index in [-0.39, 0.29) is 5.60 Å². The predicted octanol–water partition coefficient (Wildman–Crippen LogP) is 3.04. The van der Waals surface area contributed by atoms with Crippen molar-refractivity contribution in [1.29, 1.82) is 0 Å². The lowest BCUT2D eigenvalue weighted by Gasteiger charge is -2.40. The first-order valence-electron chi connectivity index (χ1n) is 8.49. The predicted molar refractivity (Wildman–Crippen MR) is 98.5 cm³/mol. The zero-order valence-electron chi connectivity index (χ0n) is 14.2. The molecule has 25 heavy (non-hydrogen) atoms. The molecule has 1 N–H and O–H groups in total. The molecule has 1 spiro atoms. The summed E-state index contributed by atoms with van der Waals surface area (Å²) >= 11 is 0. The van der Waals surface area contributed by atoms with E-state index in [9.17, 15) is 8.42 Å². The van der Waals surface area contributed by atoms with Crippen LogP contribution in [0.2, 0.25) is 0 Å². The van der Waals surface area contributed by atoms with E-state index in [4.69, 9.17) is 4.74 Å². The van der Waals surface area contributed by atoms with Crippen molar-refractivity contribution >= 4 is 15.4 Å². The molecule has 4 rings (SSSR count). The summed E-state index contributed by atoms with van der Waals surface area (Å²) in [5.41, 5.74) is 2.65. The standard InChI is InChI=1S/C20H21NO3S/c1-25(22,23)16-7-8-19-17(13-16)18(15-5-3-2-4-6-15)14-20(24-19)9-11-21-12-10-20/h2-8,13-14,21H,9-12H2,1H3. The lowest BCUT2D eigenvalue weighted by Crippen LogP contribution is -2.46. The van der Waals surface area contributed by atoms with Crippen molar-refractivity contribution in [3.8, 4) is 5.75 Å². The Morgan fingerprint density at radius 2 is 1.76 bits per heavy atom. The van der Waals surface area contributed by atoms with Crippen LogP contribution in [0.25, 0.3) is 5.57 Å². The monoisotopic (exact) mass is 355 g/mol. The number of benzene rings is 2. The van der Waals surface area contributed by atoms with Gasteiger partial charge in [0, 0.05) is 24.7 Å². The Hall–Kier alpha value is -2.11. The normalized spacial score (nSPS) is 19.0. The van der Waals surface area contributed by atoms with E-state index in [0.29, 0.717) is 4.90 Å².